The normalized spacial score (nSPS) is 17.7. The zero-order valence-electron chi connectivity index (χ0n) is 15.7. The molecule has 1 aliphatic rings. The third-order valence-corrected chi connectivity index (χ3v) is 4.78. The van der Waals surface area contributed by atoms with Gasteiger partial charge >= 0.3 is 0 Å². The van der Waals surface area contributed by atoms with Crippen LogP contribution in [-0.4, -0.2) is 75.3 Å². The second-order valence-corrected chi connectivity index (χ2v) is 6.26. The third kappa shape index (κ3) is 8.54. The maximum absolute atomic E-state index is 5.43. The van der Waals surface area contributed by atoms with Gasteiger partial charge in [-0.1, -0.05) is 13.8 Å². The predicted molar refractivity (Wildman–Crippen MR) is 110 cm³/mol. The number of hydrogen-bond acceptors (Lipinski definition) is 3. The molecule has 0 aliphatic carbocycles. The summed E-state index contributed by atoms with van der Waals surface area (Å²) < 4.78 is 5.43. The molecular weight excluding hydrogens is 403 g/mol. The molecule has 5 nitrogen and oxygen atoms in total. The first-order valence-electron chi connectivity index (χ1n) is 8.85. The minimum Gasteiger partial charge on any atom is -0.381 e. The number of hydrogen-bond donors (Lipinski definition) is 1. The lowest BCUT2D eigenvalue weighted by Gasteiger charge is -2.30. The lowest BCUT2D eigenvalue weighted by Crippen LogP contribution is -2.46. The highest BCUT2D eigenvalue weighted by Crippen LogP contribution is 2.18. The molecule has 1 atom stereocenters. The predicted octanol–water partition coefficient (Wildman–Crippen LogP) is 2.66. The Hall–Kier alpha value is -0.0800. The van der Waals surface area contributed by atoms with Crippen molar-refractivity contribution in [3.63, 3.8) is 0 Å². The monoisotopic (exact) mass is 440 g/mol. The number of rotatable bonds is 8. The summed E-state index contributed by atoms with van der Waals surface area (Å²) in [5.74, 6) is 1.81. The van der Waals surface area contributed by atoms with E-state index in [-0.39, 0.29) is 24.0 Å². The van der Waals surface area contributed by atoms with E-state index in [1.807, 2.05) is 7.05 Å². The summed E-state index contributed by atoms with van der Waals surface area (Å²) in [5, 5.41) is 3.52. The molecule has 6 heteroatoms. The Bertz CT molecular complexity index is 318. The van der Waals surface area contributed by atoms with Crippen LogP contribution in [0, 0.1) is 5.92 Å². The number of nitrogens with zero attached hydrogens (tertiary/aromatic N) is 3. The second-order valence-electron chi connectivity index (χ2n) is 6.26. The first-order valence-corrected chi connectivity index (χ1v) is 8.85. The Morgan fingerprint density at radius 3 is 2.39 bits per heavy atom. The molecule has 1 aliphatic heterocycles. The molecule has 0 aromatic heterocycles. The zero-order chi connectivity index (χ0) is 16.4. The van der Waals surface area contributed by atoms with E-state index in [9.17, 15) is 0 Å². The van der Waals surface area contributed by atoms with E-state index < -0.39 is 0 Å². The fourth-order valence-corrected chi connectivity index (χ4v) is 3.12. The zero-order valence-corrected chi connectivity index (χ0v) is 18.0. The van der Waals surface area contributed by atoms with Gasteiger partial charge in [-0.3, -0.25) is 9.89 Å². The summed E-state index contributed by atoms with van der Waals surface area (Å²) in [5.41, 5.74) is 0. The molecule has 0 aromatic carbocycles. The summed E-state index contributed by atoms with van der Waals surface area (Å²) >= 11 is 0. The van der Waals surface area contributed by atoms with Gasteiger partial charge in [-0.2, -0.15) is 0 Å². The van der Waals surface area contributed by atoms with E-state index in [1.165, 1.54) is 19.3 Å². The number of aliphatic imine (C=N–C) groups is 1. The van der Waals surface area contributed by atoms with Gasteiger partial charge in [0.2, 0.25) is 0 Å². The molecule has 1 heterocycles. The first-order chi connectivity index (χ1) is 10.6. The summed E-state index contributed by atoms with van der Waals surface area (Å²) in [6, 6.07) is 0.524. The van der Waals surface area contributed by atoms with Gasteiger partial charge in [-0.25, -0.2) is 0 Å². The average molecular weight is 440 g/mol. The maximum atomic E-state index is 5.43. The highest BCUT2D eigenvalue weighted by Gasteiger charge is 2.16. The van der Waals surface area contributed by atoms with Gasteiger partial charge in [0.15, 0.2) is 5.96 Å². The number of guanidine groups is 1. The molecule has 1 fully saturated rings. The van der Waals surface area contributed by atoms with Crippen LogP contribution < -0.4 is 5.32 Å². The van der Waals surface area contributed by atoms with Crippen LogP contribution in [0.3, 0.4) is 0 Å². The number of nitrogens with one attached hydrogen (secondary N) is 1. The van der Waals surface area contributed by atoms with Gasteiger partial charge in [0.25, 0.3) is 0 Å². The van der Waals surface area contributed by atoms with Crippen LogP contribution in [0.5, 0.6) is 0 Å². The van der Waals surface area contributed by atoms with E-state index in [0.717, 1.165) is 51.3 Å². The Balaban J connectivity index is 0.00000484. The number of ether oxygens (including phenoxy) is 1. The van der Waals surface area contributed by atoms with E-state index in [4.69, 9.17) is 4.74 Å². The van der Waals surface area contributed by atoms with Crippen molar-refractivity contribution in [2.24, 2.45) is 10.9 Å². The smallest absolute Gasteiger partial charge is 0.193 e. The SMILES string of the molecule is CCN(CC)C(C)CNC(=NC)N(C)CCC1CCOCC1.I. The summed E-state index contributed by atoms with van der Waals surface area (Å²) in [6.45, 7) is 12.8. The molecule has 0 spiro atoms. The molecule has 0 radical (unpaired) electrons. The van der Waals surface area contributed by atoms with Gasteiger partial charge < -0.3 is 15.0 Å². The van der Waals surface area contributed by atoms with E-state index in [1.54, 1.807) is 0 Å². The van der Waals surface area contributed by atoms with Crippen LogP contribution in [0.2, 0.25) is 0 Å². The van der Waals surface area contributed by atoms with E-state index in [0.29, 0.717) is 6.04 Å². The largest absolute Gasteiger partial charge is 0.381 e. The topological polar surface area (TPSA) is 40.1 Å². The van der Waals surface area contributed by atoms with Crippen LogP contribution in [-0.2, 0) is 4.74 Å². The van der Waals surface area contributed by atoms with E-state index in [2.05, 4.69) is 47.9 Å². The minimum absolute atomic E-state index is 0. The number of likely N-dealkylation sites (N-methyl/N-ethyl adjacent to an activating group) is 1. The van der Waals surface area contributed by atoms with Crippen LogP contribution in [0.1, 0.15) is 40.0 Å². The Morgan fingerprint density at radius 1 is 1.26 bits per heavy atom. The van der Waals surface area contributed by atoms with Gasteiger partial charge in [0.1, 0.15) is 0 Å². The van der Waals surface area contributed by atoms with Crippen molar-refractivity contribution in [2.45, 2.75) is 46.1 Å². The van der Waals surface area contributed by atoms with Gasteiger partial charge in [0.05, 0.1) is 0 Å². The van der Waals surface area contributed by atoms with Crippen molar-refractivity contribution in [2.75, 3.05) is 53.5 Å². The van der Waals surface area contributed by atoms with E-state index >= 15 is 0 Å². The average Bonchev–Trinajstić information content (AvgIpc) is 2.55. The second kappa shape index (κ2) is 13.2. The summed E-state index contributed by atoms with van der Waals surface area (Å²) in [7, 11) is 4.01. The van der Waals surface area contributed by atoms with Crippen molar-refractivity contribution >= 4 is 29.9 Å². The van der Waals surface area contributed by atoms with Crippen molar-refractivity contribution < 1.29 is 4.74 Å². The molecule has 1 N–H and O–H groups in total. The molecule has 0 amide bonds. The minimum atomic E-state index is 0. The molecule has 23 heavy (non-hydrogen) atoms. The first kappa shape index (κ1) is 22.9. The molecule has 1 unspecified atom stereocenters. The van der Waals surface area contributed by atoms with Crippen molar-refractivity contribution in [3.8, 4) is 0 Å². The highest BCUT2D eigenvalue weighted by molar-refractivity contribution is 14.0. The summed E-state index contributed by atoms with van der Waals surface area (Å²) in [6.07, 6.45) is 3.64. The van der Waals surface area contributed by atoms with Gasteiger partial charge in [-0.05, 0) is 45.2 Å². The molecule has 0 saturated carbocycles. The highest BCUT2D eigenvalue weighted by atomic mass is 127. The molecular formula is C17H37IN4O. The van der Waals surface area contributed by atoms with Gasteiger partial charge in [-0.15, -0.1) is 24.0 Å². The van der Waals surface area contributed by atoms with Crippen LogP contribution >= 0.6 is 24.0 Å². The molecule has 1 saturated heterocycles. The Kier molecular flexibility index (Phi) is 13.2. The molecule has 138 valence electrons. The van der Waals surface area contributed by atoms with Crippen molar-refractivity contribution in [1.82, 2.24) is 15.1 Å². The molecule has 0 aromatic rings. The number of halogens is 1. The standard InChI is InChI=1S/C17H36N4O.HI/c1-6-21(7-2)15(3)14-19-17(18-4)20(5)11-8-16-9-12-22-13-10-16;/h15-16H,6-14H2,1-5H3,(H,18,19);1H. The summed E-state index contributed by atoms with van der Waals surface area (Å²) in [4.78, 5) is 9.14. The van der Waals surface area contributed by atoms with Crippen LogP contribution in [0.15, 0.2) is 4.99 Å². The Labute approximate surface area is 160 Å². The third-order valence-electron chi connectivity index (χ3n) is 4.78. The lowest BCUT2D eigenvalue weighted by atomic mass is 9.96. The van der Waals surface area contributed by atoms with Crippen molar-refractivity contribution in [3.05, 3.63) is 0 Å². The maximum Gasteiger partial charge on any atom is 0.193 e. The molecule has 1 rings (SSSR count). The van der Waals surface area contributed by atoms with Crippen LogP contribution in [0.25, 0.3) is 0 Å². The molecule has 0 bridgehead atoms. The van der Waals surface area contributed by atoms with Crippen LogP contribution in [0.4, 0.5) is 0 Å². The Morgan fingerprint density at radius 2 is 1.87 bits per heavy atom. The van der Waals surface area contributed by atoms with Gasteiger partial charge in [0, 0.05) is 46.4 Å². The quantitative estimate of drug-likeness (QED) is 0.358. The fraction of sp³-hybridized carbons (Fsp3) is 0.941. The lowest BCUT2D eigenvalue weighted by molar-refractivity contribution is 0.0625. The van der Waals surface area contributed by atoms with Crippen molar-refractivity contribution in [1.29, 1.82) is 0 Å². The fourth-order valence-electron chi connectivity index (χ4n) is 3.12.